The molecule has 0 atom stereocenters. The highest BCUT2D eigenvalue weighted by Crippen LogP contribution is 2.53. The molecule has 9 aromatic rings. The second-order valence-corrected chi connectivity index (χ2v) is 22.6. The number of anilines is 6. The fraction of sp³-hybridized carbons (Fsp3) is 0.246. The molecule has 0 bridgehead atoms. The van der Waals surface area contributed by atoms with E-state index in [0.29, 0.717) is 5.02 Å². The molecule has 0 radical (unpaired) electrons. The van der Waals surface area contributed by atoms with Gasteiger partial charge in [0.25, 0.3) is 0 Å². The summed E-state index contributed by atoms with van der Waals surface area (Å²) in [6.45, 7) is 27.2. The van der Waals surface area contributed by atoms with Gasteiger partial charge in [-0.05, 0) is 148 Å². The quantitative estimate of drug-likeness (QED) is 0.151. The van der Waals surface area contributed by atoms with Crippen LogP contribution in [0.2, 0.25) is 5.02 Å². The van der Waals surface area contributed by atoms with Crippen molar-refractivity contribution in [3.05, 3.63) is 190 Å². The first kappa shape index (κ1) is 45.1. The summed E-state index contributed by atoms with van der Waals surface area (Å²) in [5.74, 6) is 0.815. The van der Waals surface area contributed by atoms with E-state index in [2.05, 4.69) is 232 Å². The van der Waals surface area contributed by atoms with Crippen molar-refractivity contribution in [2.24, 2.45) is 0 Å². The number of thiophene rings is 1. The zero-order valence-electron chi connectivity index (χ0n) is 40.5. The van der Waals surface area contributed by atoms with Gasteiger partial charge in [0, 0.05) is 26.9 Å². The lowest BCUT2D eigenvalue weighted by molar-refractivity contribution is 0.589. The Bertz CT molecular complexity index is 3200. The van der Waals surface area contributed by atoms with Gasteiger partial charge in [0.05, 0.1) is 27.8 Å². The molecule has 2 heterocycles. The molecule has 0 saturated carbocycles. The average molecular weight is 906 g/mol. The first-order chi connectivity index (χ1) is 31.2. The van der Waals surface area contributed by atoms with Gasteiger partial charge in [-0.3, -0.25) is 4.90 Å². The molecule has 66 heavy (non-hydrogen) atoms. The van der Waals surface area contributed by atoms with Gasteiger partial charge in [0.1, 0.15) is 16.3 Å². The number of hydrogen-bond acceptors (Lipinski definition) is 4. The standard InChI is InChI=1S/C61H61ClN2OS/c1-38-29-51(57(62)52(30-38)64(58-39(2)31-47(32-40(58)3)61(10,11)12)56-36-44-33-45(59(4,5)6)26-28-55(44)66-56)63(48-23-18-22-42(34-48)54-35-43-21-16-17-24-53(43)65-54)50-27-25-46(60(7,8)9)37-49(50)41-19-14-13-15-20-41/h13-37H,1-12H3. The van der Waals surface area contributed by atoms with Crippen LogP contribution in [0.15, 0.2) is 156 Å². The monoisotopic (exact) mass is 904 g/mol. The number of furan rings is 1. The molecule has 0 amide bonds. The summed E-state index contributed by atoms with van der Waals surface area (Å²) in [7, 11) is 0. The molecule has 0 saturated heterocycles. The van der Waals surface area contributed by atoms with Crippen LogP contribution in [0.5, 0.6) is 0 Å². The Balaban J connectivity index is 1.33. The molecule has 0 aliphatic rings. The number of para-hydroxylation sites is 1. The second kappa shape index (κ2) is 17.0. The Kier molecular flexibility index (Phi) is 11.6. The van der Waals surface area contributed by atoms with Crippen molar-refractivity contribution in [1.29, 1.82) is 0 Å². The SMILES string of the molecule is Cc1cc(N(c2cccc(-c3cc4ccccc4o3)c2)c2ccc(C(C)(C)C)cc2-c2ccccc2)c(Cl)c(N(c2cc3cc(C(C)(C)C)ccc3s2)c2c(C)cc(C(C)(C)C)cc2C)c1. The predicted molar refractivity (Wildman–Crippen MR) is 287 cm³/mol. The van der Waals surface area contributed by atoms with E-state index in [-0.39, 0.29) is 16.2 Å². The van der Waals surface area contributed by atoms with Gasteiger partial charge in [-0.15, -0.1) is 11.3 Å². The highest BCUT2D eigenvalue weighted by atomic mass is 35.5. The van der Waals surface area contributed by atoms with Crippen LogP contribution in [0, 0.1) is 20.8 Å². The van der Waals surface area contributed by atoms with Crippen molar-refractivity contribution < 1.29 is 4.42 Å². The Morgan fingerprint density at radius 3 is 1.76 bits per heavy atom. The van der Waals surface area contributed by atoms with Gasteiger partial charge in [-0.25, -0.2) is 0 Å². The predicted octanol–water partition coefficient (Wildman–Crippen LogP) is 19.4. The number of halogens is 1. The highest BCUT2D eigenvalue weighted by molar-refractivity contribution is 7.23. The lowest BCUT2D eigenvalue weighted by Crippen LogP contribution is -2.18. The van der Waals surface area contributed by atoms with Crippen LogP contribution in [-0.2, 0) is 16.2 Å². The van der Waals surface area contributed by atoms with Crippen LogP contribution >= 0.6 is 22.9 Å². The number of benzene rings is 7. The average Bonchev–Trinajstić information content (AvgIpc) is 3.90. The fourth-order valence-corrected chi connectivity index (χ4v) is 10.5. The minimum absolute atomic E-state index is 0.00952. The summed E-state index contributed by atoms with van der Waals surface area (Å²) in [4.78, 5) is 4.79. The van der Waals surface area contributed by atoms with Crippen LogP contribution in [-0.4, -0.2) is 0 Å². The van der Waals surface area contributed by atoms with Crippen molar-refractivity contribution in [2.45, 2.75) is 99.3 Å². The maximum absolute atomic E-state index is 8.18. The van der Waals surface area contributed by atoms with Crippen LogP contribution in [0.4, 0.5) is 33.4 Å². The smallest absolute Gasteiger partial charge is 0.135 e. The van der Waals surface area contributed by atoms with Gasteiger partial charge in [0.15, 0.2) is 0 Å². The summed E-state index contributed by atoms with van der Waals surface area (Å²) in [6, 6.07) is 55.2. The molecule has 9 rings (SSSR count). The van der Waals surface area contributed by atoms with E-state index in [9.17, 15) is 0 Å². The van der Waals surface area contributed by atoms with Crippen molar-refractivity contribution in [3.8, 4) is 22.5 Å². The van der Waals surface area contributed by atoms with E-state index in [1.54, 1.807) is 0 Å². The summed E-state index contributed by atoms with van der Waals surface area (Å²) >= 11 is 9.99. The normalized spacial score (nSPS) is 12.3. The molecule has 0 N–H and O–H groups in total. The van der Waals surface area contributed by atoms with Crippen molar-refractivity contribution >= 4 is 77.4 Å². The topological polar surface area (TPSA) is 19.6 Å². The number of aryl methyl sites for hydroxylation is 3. The largest absolute Gasteiger partial charge is 0.456 e. The minimum atomic E-state index is -0.0705. The van der Waals surface area contributed by atoms with Crippen molar-refractivity contribution in [3.63, 3.8) is 0 Å². The molecule has 0 spiro atoms. The molecule has 3 nitrogen and oxygen atoms in total. The Hall–Kier alpha value is -6.07. The maximum atomic E-state index is 8.18. The Labute approximate surface area is 401 Å². The van der Waals surface area contributed by atoms with E-state index in [1.165, 1.54) is 37.9 Å². The molecule has 0 aliphatic heterocycles. The zero-order chi connectivity index (χ0) is 46.9. The molecule has 0 aliphatic carbocycles. The first-order valence-corrected chi connectivity index (χ1v) is 24.3. The lowest BCUT2D eigenvalue weighted by atomic mass is 9.84. The molecule has 5 heteroatoms. The molecule has 0 fully saturated rings. The van der Waals surface area contributed by atoms with Crippen LogP contribution in [0.1, 0.15) is 95.7 Å². The van der Waals surface area contributed by atoms with Gasteiger partial charge < -0.3 is 9.32 Å². The van der Waals surface area contributed by atoms with Gasteiger partial charge in [-0.2, -0.15) is 0 Å². The second-order valence-electron chi connectivity index (χ2n) is 21.1. The summed E-state index contributed by atoms with van der Waals surface area (Å²) in [5, 5.41) is 4.07. The summed E-state index contributed by atoms with van der Waals surface area (Å²) in [5.41, 5.74) is 16.4. The molecular weight excluding hydrogens is 844 g/mol. The Morgan fingerprint density at radius 1 is 0.485 bits per heavy atom. The van der Waals surface area contributed by atoms with Crippen LogP contribution in [0.25, 0.3) is 43.5 Å². The summed E-state index contributed by atoms with van der Waals surface area (Å²) in [6.07, 6.45) is 0. The van der Waals surface area contributed by atoms with E-state index in [1.807, 2.05) is 23.5 Å². The number of fused-ring (bicyclic) bond motifs is 2. The number of hydrogen-bond donors (Lipinski definition) is 0. The highest BCUT2D eigenvalue weighted by Gasteiger charge is 2.29. The minimum Gasteiger partial charge on any atom is -0.456 e. The molecule has 2 aromatic heterocycles. The van der Waals surface area contributed by atoms with E-state index in [0.717, 1.165) is 72.4 Å². The van der Waals surface area contributed by atoms with Crippen molar-refractivity contribution in [1.82, 2.24) is 0 Å². The van der Waals surface area contributed by atoms with E-state index < -0.39 is 0 Å². The third-order valence-electron chi connectivity index (χ3n) is 12.8. The molecule has 0 unspecified atom stereocenters. The molecular formula is C61H61ClN2OS. The maximum Gasteiger partial charge on any atom is 0.135 e. The fourth-order valence-electron chi connectivity index (χ4n) is 9.13. The number of nitrogens with zero attached hydrogens (tertiary/aromatic N) is 2. The van der Waals surface area contributed by atoms with E-state index >= 15 is 0 Å². The molecule has 7 aromatic carbocycles. The number of rotatable bonds is 8. The van der Waals surface area contributed by atoms with E-state index in [4.69, 9.17) is 16.0 Å². The Morgan fingerprint density at radius 2 is 1.09 bits per heavy atom. The van der Waals surface area contributed by atoms with Gasteiger partial charge in [0.2, 0.25) is 0 Å². The zero-order valence-corrected chi connectivity index (χ0v) is 42.1. The molecule has 334 valence electrons. The van der Waals surface area contributed by atoms with Crippen LogP contribution in [0.3, 0.4) is 0 Å². The van der Waals surface area contributed by atoms with Crippen LogP contribution < -0.4 is 9.80 Å². The third-order valence-corrected chi connectivity index (χ3v) is 14.3. The first-order valence-electron chi connectivity index (χ1n) is 23.1. The summed E-state index contributed by atoms with van der Waals surface area (Å²) < 4.78 is 7.73. The third kappa shape index (κ3) is 8.70. The lowest BCUT2D eigenvalue weighted by Gasteiger charge is -2.34. The van der Waals surface area contributed by atoms with Gasteiger partial charge in [-0.1, -0.05) is 159 Å². The van der Waals surface area contributed by atoms with Gasteiger partial charge >= 0.3 is 0 Å². The van der Waals surface area contributed by atoms with Crippen molar-refractivity contribution in [2.75, 3.05) is 9.80 Å².